The van der Waals surface area contributed by atoms with Gasteiger partial charge in [0.05, 0.1) is 12.0 Å². The fraction of sp³-hybridized carbons (Fsp3) is 0.321. The summed E-state index contributed by atoms with van der Waals surface area (Å²) in [7, 11) is 0. The highest BCUT2D eigenvalue weighted by atomic mass is 19.1. The standard InChI is InChI=1S/C28H30FN3O/c29-24-11-6-9-22(17-24)19-30-28(33)25-18-23-10-4-5-12-26(23)32-16-15-31(20-27(25)32)14-13-21-7-2-1-3-8-21/h1-12,17,25,27H,13-16,18-20H2,(H,30,33)/t25-,27-/m1/s1. The molecule has 33 heavy (non-hydrogen) atoms. The number of para-hydroxylation sites is 1. The first-order chi connectivity index (χ1) is 16.2. The van der Waals surface area contributed by atoms with Crippen LogP contribution in [-0.2, 0) is 24.2 Å². The summed E-state index contributed by atoms with van der Waals surface area (Å²) in [6.07, 6.45) is 1.75. The first-order valence-electron chi connectivity index (χ1n) is 11.8. The Bertz CT molecular complexity index is 1100. The average molecular weight is 444 g/mol. The smallest absolute Gasteiger partial charge is 0.225 e. The highest BCUT2D eigenvalue weighted by Crippen LogP contribution is 2.36. The number of halogens is 1. The third-order valence-electron chi connectivity index (χ3n) is 6.96. The van der Waals surface area contributed by atoms with Gasteiger partial charge in [-0.1, -0.05) is 60.7 Å². The Hall–Kier alpha value is -3.18. The van der Waals surface area contributed by atoms with E-state index >= 15 is 0 Å². The van der Waals surface area contributed by atoms with Crippen molar-refractivity contribution in [3.8, 4) is 0 Å². The second-order valence-corrected chi connectivity index (χ2v) is 9.08. The first-order valence-corrected chi connectivity index (χ1v) is 11.8. The Labute approximate surface area is 195 Å². The molecule has 170 valence electrons. The number of rotatable bonds is 6. The van der Waals surface area contributed by atoms with Crippen molar-refractivity contribution in [3.05, 3.63) is 101 Å². The summed E-state index contributed by atoms with van der Waals surface area (Å²) in [4.78, 5) is 18.3. The van der Waals surface area contributed by atoms with Crippen LogP contribution in [-0.4, -0.2) is 43.0 Å². The van der Waals surface area contributed by atoms with Crippen molar-refractivity contribution in [1.29, 1.82) is 0 Å². The molecule has 0 radical (unpaired) electrons. The van der Waals surface area contributed by atoms with E-state index in [0.29, 0.717) is 6.54 Å². The molecule has 0 spiro atoms. The number of benzene rings is 3. The third kappa shape index (κ3) is 4.93. The predicted molar refractivity (Wildman–Crippen MR) is 130 cm³/mol. The minimum atomic E-state index is -0.277. The Kier molecular flexibility index (Phi) is 6.40. The van der Waals surface area contributed by atoms with Gasteiger partial charge in [-0.25, -0.2) is 4.39 Å². The molecule has 0 aromatic heterocycles. The lowest BCUT2D eigenvalue weighted by molar-refractivity contribution is -0.126. The molecule has 2 heterocycles. The highest BCUT2D eigenvalue weighted by Gasteiger charge is 2.41. The molecule has 5 heteroatoms. The van der Waals surface area contributed by atoms with Crippen molar-refractivity contribution in [3.63, 3.8) is 0 Å². The SMILES string of the molecule is O=C(NCc1cccc(F)c1)[C@@H]1Cc2ccccc2N2CCN(CCc3ccccc3)C[C@H]12. The highest BCUT2D eigenvalue weighted by molar-refractivity contribution is 5.82. The monoisotopic (exact) mass is 443 g/mol. The lowest BCUT2D eigenvalue weighted by Gasteiger charge is -2.49. The Morgan fingerprint density at radius 2 is 1.73 bits per heavy atom. The summed E-state index contributed by atoms with van der Waals surface area (Å²) in [5.41, 5.74) is 4.62. The maximum absolute atomic E-state index is 13.5. The van der Waals surface area contributed by atoms with Crippen molar-refractivity contribution >= 4 is 11.6 Å². The zero-order valence-electron chi connectivity index (χ0n) is 18.8. The van der Waals surface area contributed by atoms with E-state index in [0.717, 1.165) is 44.6 Å². The van der Waals surface area contributed by atoms with E-state index in [9.17, 15) is 9.18 Å². The minimum Gasteiger partial charge on any atom is -0.365 e. The Balaban J connectivity index is 1.30. The van der Waals surface area contributed by atoms with Crippen LogP contribution in [0.25, 0.3) is 0 Å². The molecule has 4 nitrogen and oxygen atoms in total. The van der Waals surface area contributed by atoms with E-state index in [4.69, 9.17) is 0 Å². The molecular weight excluding hydrogens is 413 g/mol. The molecular formula is C28H30FN3O. The van der Waals surface area contributed by atoms with Gasteiger partial charge < -0.3 is 10.2 Å². The van der Waals surface area contributed by atoms with E-state index in [1.807, 2.05) is 6.07 Å². The van der Waals surface area contributed by atoms with Gasteiger partial charge in [-0.15, -0.1) is 0 Å². The van der Waals surface area contributed by atoms with Crippen LogP contribution in [0.1, 0.15) is 16.7 Å². The molecule has 2 aliphatic rings. The number of carbonyl (C=O) groups is 1. The number of anilines is 1. The van der Waals surface area contributed by atoms with Gasteiger partial charge >= 0.3 is 0 Å². The number of nitrogens with zero attached hydrogens (tertiary/aromatic N) is 2. The fourth-order valence-electron chi connectivity index (χ4n) is 5.22. The zero-order valence-corrected chi connectivity index (χ0v) is 18.8. The summed E-state index contributed by atoms with van der Waals surface area (Å²) in [5.74, 6) is -0.359. The number of piperazine rings is 1. The molecule has 0 saturated carbocycles. The molecule has 1 saturated heterocycles. The van der Waals surface area contributed by atoms with Gasteiger partial charge in [0.25, 0.3) is 0 Å². The number of carbonyl (C=O) groups excluding carboxylic acids is 1. The van der Waals surface area contributed by atoms with Crippen LogP contribution < -0.4 is 10.2 Å². The maximum Gasteiger partial charge on any atom is 0.225 e. The molecule has 0 aliphatic carbocycles. The minimum absolute atomic E-state index is 0.0497. The Morgan fingerprint density at radius 3 is 2.58 bits per heavy atom. The average Bonchev–Trinajstić information content (AvgIpc) is 2.86. The number of nitrogens with one attached hydrogen (secondary N) is 1. The van der Waals surface area contributed by atoms with E-state index < -0.39 is 0 Å². The molecule has 0 bridgehead atoms. The number of hydrogen-bond acceptors (Lipinski definition) is 3. The van der Waals surface area contributed by atoms with E-state index in [2.05, 4.69) is 69.7 Å². The van der Waals surface area contributed by atoms with Crippen LogP contribution in [0.4, 0.5) is 10.1 Å². The van der Waals surface area contributed by atoms with Crippen molar-refractivity contribution < 1.29 is 9.18 Å². The largest absolute Gasteiger partial charge is 0.365 e. The van der Waals surface area contributed by atoms with Crippen LogP contribution in [0, 0.1) is 11.7 Å². The van der Waals surface area contributed by atoms with Crippen LogP contribution in [0.3, 0.4) is 0 Å². The number of amides is 1. The lowest BCUT2D eigenvalue weighted by atomic mass is 9.83. The molecule has 1 N–H and O–H groups in total. The summed E-state index contributed by atoms with van der Waals surface area (Å²) < 4.78 is 13.5. The first kappa shape index (κ1) is 21.7. The van der Waals surface area contributed by atoms with Gasteiger partial charge in [-0.3, -0.25) is 9.69 Å². The van der Waals surface area contributed by atoms with Crippen molar-refractivity contribution in [2.45, 2.75) is 25.4 Å². The van der Waals surface area contributed by atoms with Gasteiger partial charge in [0.2, 0.25) is 5.91 Å². The number of hydrogen-bond donors (Lipinski definition) is 1. The molecule has 2 atom stereocenters. The molecule has 3 aromatic carbocycles. The topological polar surface area (TPSA) is 35.6 Å². The quantitative estimate of drug-likeness (QED) is 0.625. The third-order valence-corrected chi connectivity index (χ3v) is 6.96. The normalized spacial score (nSPS) is 20.1. The van der Waals surface area contributed by atoms with E-state index in [1.54, 1.807) is 6.07 Å². The van der Waals surface area contributed by atoms with Crippen molar-refractivity contribution in [2.24, 2.45) is 5.92 Å². The van der Waals surface area contributed by atoms with Gasteiger partial charge in [-0.05, 0) is 47.7 Å². The summed E-state index contributed by atoms with van der Waals surface area (Å²) >= 11 is 0. The van der Waals surface area contributed by atoms with Crippen LogP contribution in [0.5, 0.6) is 0 Å². The summed E-state index contributed by atoms with van der Waals surface area (Å²) in [5, 5.41) is 3.08. The lowest BCUT2D eigenvalue weighted by Crippen LogP contribution is -2.61. The van der Waals surface area contributed by atoms with Crippen LogP contribution in [0.15, 0.2) is 78.9 Å². The molecule has 0 unspecified atom stereocenters. The van der Waals surface area contributed by atoms with E-state index in [-0.39, 0.29) is 23.7 Å². The Morgan fingerprint density at radius 1 is 0.939 bits per heavy atom. The zero-order chi connectivity index (χ0) is 22.6. The second kappa shape index (κ2) is 9.75. The molecule has 2 aliphatic heterocycles. The van der Waals surface area contributed by atoms with Gasteiger partial charge in [0.15, 0.2) is 0 Å². The maximum atomic E-state index is 13.5. The number of fused-ring (bicyclic) bond motifs is 3. The van der Waals surface area contributed by atoms with Crippen LogP contribution in [0.2, 0.25) is 0 Å². The molecule has 1 fully saturated rings. The predicted octanol–water partition coefficient (Wildman–Crippen LogP) is 4.05. The molecule has 5 rings (SSSR count). The summed E-state index contributed by atoms with van der Waals surface area (Å²) in [6, 6.07) is 25.6. The molecule has 3 aromatic rings. The summed E-state index contributed by atoms with van der Waals surface area (Å²) in [6.45, 7) is 4.13. The molecule has 1 amide bonds. The van der Waals surface area contributed by atoms with Gasteiger partial charge in [0.1, 0.15) is 5.82 Å². The van der Waals surface area contributed by atoms with Crippen LogP contribution >= 0.6 is 0 Å². The van der Waals surface area contributed by atoms with Crippen molar-refractivity contribution in [2.75, 3.05) is 31.1 Å². The second-order valence-electron chi connectivity index (χ2n) is 9.08. The van der Waals surface area contributed by atoms with Gasteiger partial charge in [-0.2, -0.15) is 0 Å². The van der Waals surface area contributed by atoms with Crippen molar-refractivity contribution in [1.82, 2.24) is 10.2 Å². The van der Waals surface area contributed by atoms with E-state index in [1.165, 1.54) is 28.9 Å². The fourth-order valence-corrected chi connectivity index (χ4v) is 5.22. The van der Waals surface area contributed by atoms with Gasteiger partial charge in [0, 0.05) is 38.4 Å².